The van der Waals surface area contributed by atoms with Crippen molar-refractivity contribution in [1.29, 1.82) is 0 Å². The van der Waals surface area contributed by atoms with Crippen LogP contribution in [-0.4, -0.2) is 25.5 Å². The highest BCUT2D eigenvalue weighted by Gasteiger charge is 2.35. The minimum Gasteiger partial charge on any atom is -0.388 e. The molecule has 0 amide bonds. The van der Waals surface area contributed by atoms with E-state index in [1.807, 2.05) is 0 Å². The third kappa shape index (κ3) is 4.79. The number of hydrogen-bond donors (Lipinski definition) is 1. The molecule has 1 aromatic carbocycles. The lowest BCUT2D eigenvalue weighted by atomic mass is 10.00. The Morgan fingerprint density at radius 3 is 2.37 bits per heavy atom. The predicted octanol–water partition coefficient (Wildman–Crippen LogP) is 2.31. The second-order valence-corrected chi connectivity index (χ2v) is 6.42. The van der Waals surface area contributed by atoms with Gasteiger partial charge in [-0.3, -0.25) is 0 Å². The second kappa shape index (κ2) is 5.46. The van der Waals surface area contributed by atoms with E-state index in [0.29, 0.717) is 0 Å². The molecule has 3 nitrogen and oxygen atoms in total. The van der Waals surface area contributed by atoms with Crippen LogP contribution in [0.5, 0.6) is 0 Å². The van der Waals surface area contributed by atoms with Crippen LogP contribution in [0.4, 0.5) is 17.6 Å². The van der Waals surface area contributed by atoms with Gasteiger partial charge < -0.3 is 5.11 Å². The van der Waals surface area contributed by atoms with Gasteiger partial charge in [-0.15, -0.1) is 0 Å². The van der Waals surface area contributed by atoms with Crippen molar-refractivity contribution in [3.05, 3.63) is 35.1 Å². The van der Waals surface area contributed by atoms with Gasteiger partial charge in [0.2, 0.25) is 0 Å². The average Bonchev–Trinajstić information content (AvgIpc) is 2.23. The van der Waals surface area contributed by atoms with E-state index >= 15 is 0 Å². The SMILES string of the molecule is CS(=O)(=O)CCC(O)c1ccc(F)cc1C(F)(F)F. The second-order valence-electron chi connectivity index (χ2n) is 4.16. The number of sulfone groups is 1. The minimum atomic E-state index is -4.82. The maximum Gasteiger partial charge on any atom is 0.416 e. The molecule has 0 saturated heterocycles. The molecule has 8 heteroatoms. The third-order valence-corrected chi connectivity index (χ3v) is 3.42. The minimum absolute atomic E-state index is 0.277. The van der Waals surface area contributed by atoms with Gasteiger partial charge in [-0.2, -0.15) is 13.2 Å². The van der Waals surface area contributed by atoms with Crippen LogP contribution in [0.3, 0.4) is 0 Å². The highest BCUT2D eigenvalue weighted by atomic mass is 32.2. The average molecular weight is 300 g/mol. The van der Waals surface area contributed by atoms with E-state index in [9.17, 15) is 31.1 Å². The van der Waals surface area contributed by atoms with Crippen molar-refractivity contribution in [2.75, 3.05) is 12.0 Å². The number of rotatable bonds is 4. The smallest absolute Gasteiger partial charge is 0.388 e. The quantitative estimate of drug-likeness (QED) is 0.868. The lowest BCUT2D eigenvalue weighted by molar-refractivity contribution is -0.139. The Labute approximate surface area is 107 Å². The fraction of sp³-hybridized carbons (Fsp3) is 0.455. The fourth-order valence-electron chi connectivity index (χ4n) is 1.55. The summed E-state index contributed by atoms with van der Waals surface area (Å²) in [5, 5.41) is 9.63. The van der Waals surface area contributed by atoms with Crippen molar-refractivity contribution >= 4 is 9.84 Å². The van der Waals surface area contributed by atoms with Gasteiger partial charge in [0, 0.05) is 6.26 Å². The van der Waals surface area contributed by atoms with Gasteiger partial charge in [-0.25, -0.2) is 12.8 Å². The van der Waals surface area contributed by atoms with E-state index in [-0.39, 0.29) is 12.5 Å². The monoisotopic (exact) mass is 300 g/mol. The van der Waals surface area contributed by atoms with Crippen molar-refractivity contribution in [3.63, 3.8) is 0 Å². The molecule has 0 heterocycles. The molecule has 0 saturated carbocycles. The molecule has 0 spiro atoms. The molecular formula is C11H12F4O3S. The predicted molar refractivity (Wildman–Crippen MR) is 60.7 cm³/mol. The van der Waals surface area contributed by atoms with Gasteiger partial charge in [-0.1, -0.05) is 6.07 Å². The number of aliphatic hydroxyl groups is 1. The number of hydrogen-bond acceptors (Lipinski definition) is 3. The van der Waals surface area contributed by atoms with Crippen LogP contribution < -0.4 is 0 Å². The van der Waals surface area contributed by atoms with Crippen molar-refractivity contribution in [1.82, 2.24) is 0 Å². The first-order valence-corrected chi connectivity index (χ1v) is 7.29. The standard InChI is InChI=1S/C11H12F4O3S/c1-19(17,18)5-4-10(16)8-3-2-7(12)6-9(8)11(13,14)15/h2-3,6,10,16H,4-5H2,1H3. The zero-order valence-corrected chi connectivity index (χ0v) is 10.7. The molecule has 0 aliphatic heterocycles. The van der Waals surface area contributed by atoms with Crippen LogP contribution in [0, 0.1) is 5.82 Å². The molecule has 0 aliphatic rings. The van der Waals surface area contributed by atoms with E-state index in [1.165, 1.54) is 0 Å². The zero-order valence-electron chi connectivity index (χ0n) is 9.91. The maximum absolute atomic E-state index is 12.8. The van der Waals surface area contributed by atoms with E-state index in [4.69, 9.17) is 0 Å². The van der Waals surface area contributed by atoms with Crippen LogP contribution >= 0.6 is 0 Å². The molecule has 0 aromatic heterocycles. The van der Waals surface area contributed by atoms with E-state index in [0.717, 1.165) is 18.4 Å². The molecule has 108 valence electrons. The molecule has 1 atom stereocenters. The highest BCUT2D eigenvalue weighted by Crippen LogP contribution is 2.36. The topological polar surface area (TPSA) is 54.4 Å². The van der Waals surface area contributed by atoms with Gasteiger partial charge in [0.15, 0.2) is 0 Å². The maximum atomic E-state index is 12.8. The summed E-state index contributed by atoms with van der Waals surface area (Å²) in [6.45, 7) is 0. The molecule has 0 fully saturated rings. The van der Waals surface area contributed by atoms with Gasteiger partial charge >= 0.3 is 6.18 Å². The molecule has 1 unspecified atom stereocenters. The van der Waals surface area contributed by atoms with Crippen molar-refractivity contribution in [2.24, 2.45) is 0 Å². The van der Waals surface area contributed by atoms with Gasteiger partial charge in [0.05, 0.1) is 17.4 Å². The summed E-state index contributed by atoms with van der Waals surface area (Å²) >= 11 is 0. The number of benzene rings is 1. The Bertz CT molecular complexity index is 552. The molecular weight excluding hydrogens is 288 g/mol. The fourth-order valence-corrected chi connectivity index (χ4v) is 2.20. The van der Waals surface area contributed by atoms with Crippen LogP contribution in [-0.2, 0) is 16.0 Å². The van der Waals surface area contributed by atoms with Crippen molar-refractivity contribution < 1.29 is 31.1 Å². The number of halogens is 4. The Morgan fingerprint density at radius 2 is 1.89 bits per heavy atom. The molecule has 0 aliphatic carbocycles. The van der Waals surface area contributed by atoms with Gasteiger partial charge in [0.1, 0.15) is 15.7 Å². The molecule has 1 aromatic rings. The van der Waals surface area contributed by atoms with Crippen LogP contribution in [0.15, 0.2) is 18.2 Å². The number of aliphatic hydroxyl groups excluding tert-OH is 1. The van der Waals surface area contributed by atoms with Crippen LogP contribution in [0.1, 0.15) is 23.7 Å². The van der Waals surface area contributed by atoms with E-state index < -0.39 is 44.8 Å². The van der Waals surface area contributed by atoms with Crippen LogP contribution in [0.25, 0.3) is 0 Å². The summed E-state index contributed by atoms with van der Waals surface area (Å²) in [5.41, 5.74) is -1.83. The Morgan fingerprint density at radius 1 is 1.32 bits per heavy atom. The van der Waals surface area contributed by atoms with Crippen LogP contribution in [0.2, 0.25) is 0 Å². The summed E-state index contributed by atoms with van der Waals surface area (Å²) in [5.74, 6) is -1.53. The third-order valence-electron chi connectivity index (χ3n) is 2.44. The molecule has 0 bridgehead atoms. The Balaban J connectivity index is 3.06. The summed E-state index contributed by atoms with van der Waals surface area (Å²) in [6.07, 6.45) is -5.90. The first kappa shape index (κ1) is 15.9. The van der Waals surface area contributed by atoms with Gasteiger partial charge in [-0.05, 0) is 24.1 Å². The van der Waals surface area contributed by atoms with Gasteiger partial charge in [0.25, 0.3) is 0 Å². The molecule has 0 radical (unpaired) electrons. The molecule has 1 rings (SSSR count). The van der Waals surface area contributed by atoms with Crippen molar-refractivity contribution in [2.45, 2.75) is 18.7 Å². The molecule has 1 N–H and O–H groups in total. The Kier molecular flexibility index (Phi) is 4.57. The lowest BCUT2D eigenvalue weighted by Crippen LogP contribution is -2.15. The summed E-state index contributed by atoms with van der Waals surface area (Å²) in [7, 11) is -3.40. The summed E-state index contributed by atoms with van der Waals surface area (Å²) in [4.78, 5) is 0. The highest BCUT2D eigenvalue weighted by molar-refractivity contribution is 7.90. The van der Waals surface area contributed by atoms with Crippen molar-refractivity contribution in [3.8, 4) is 0 Å². The lowest BCUT2D eigenvalue weighted by Gasteiger charge is -2.17. The summed E-state index contributed by atoms with van der Waals surface area (Å²) in [6, 6.07) is 1.87. The zero-order chi connectivity index (χ0) is 14.8. The Hall–Kier alpha value is -1.15. The first-order valence-electron chi connectivity index (χ1n) is 5.23. The largest absolute Gasteiger partial charge is 0.416 e. The first-order chi connectivity index (χ1) is 8.50. The molecule has 19 heavy (non-hydrogen) atoms. The normalized spacial score (nSPS) is 14.4. The number of alkyl halides is 3. The van der Waals surface area contributed by atoms with E-state index in [1.54, 1.807) is 0 Å². The summed E-state index contributed by atoms with van der Waals surface area (Å²) < 4.78 is 72.7. The van der Waals surface area contributed by atoms with E-state index in [2.05, 4.69) is 0 Å².